The topological polar surface area (TPSA) is 114 Å². The number of nitrogens with zero attached hydrogens (tertiary/aromatic N) is 3. The van der Waals surface area contributed by atoms with Crippen molar-refractivity contribution >= 4 is 46.0 Å². The zero-order chi connectivity index (χ0) is 20.3. The molecule has 3 fully saturated rings. The van der Waals surface area contributed by atoms with Gasteiger partial charge in [-0.15, -0.1) is 10.2 Å². The van der Waals surface area contributed by atoms with Gasteiger partial charge in [-0.25, -0.2) is 0 Å². The van der Waals surface area contributed by atoms with Gasteiger partial charge in [0, 0.05) is 13.2 Å². The maximum absolute atomic E-state index is 12.9. The maximum Gasteiger partial charge on any atom is 0.252 e. The number of thioether (sulfide) groups is 1. The first kappa shape index (κ1) is 20.5. The first-order valence-corrected chi connectivity index (χ1v) is 11.8. The van der Waals surface area contributed by atoms with Crippen molar-refractivity contribution in [3.8, 4) is 0 Å². The number of hydrogen-bond donors (Lipinski definition) is 2. The molecule has 11 heteroatoms. The number of imide groups is 1. The van der Waals surface area contributed by atoms with Crippen LogP contribution in [0.2, 0.25) is 0 Å². The van der Waals surface area contributed by atoms with E-state index in [4.69, 9.17) is 4.74 Å². The number of ether oxygens (including phenoxy) is 1. The van der Waals surface area contributed by atoms with E-state index in [9.17, 15) is 14.4 Å². The third-order valence-electron chi connectivity index (χ3n) is 5.71. The molecule has 0 bridgehead atoms. The van der Waals surface area contributed by atoms with E-state index in [-0.39, 0.29) is 30.2 Å². The van der Waals surface area contributed by atoms with Crippen LogP contribution < -0.4 is 10.6 Å². The molecular weight excluding hydrogens is 414 g/mol. The number of rotatable bonds is 6. The normalized spacial score (nSPS) is 24.0. The van der Waals surface area contributed by atoms with E-state index in [0.717, 1.165) is 38.7 Å². The average molecular weight is 440 g/mol. The van der Waals surface area contributed by atoms with Gasteiger partial charge in [0.25, 0.3) is 5.91 Å². The quantitative estimate of drug-likeness (QED) is 0.505. The minimum Gasteiger partial charge on any atom is -0.376 e. The first-order chi connectivity index (χ1) is 14.1. The van der Waals surface area contributed by atoms with Crippen molar-refractivity contribution in [2.45, 2.75) is 60.9 Å². The average Bonchev–Trinajstić information content (AvgIpc) is 3.40. The smallest absolute Gasteiger partial charge is 0.252 e. The van der Waals surface area contributed by atoms with Crippen LogP contribution in [0.3, 0.4) is 0 Å². The lowest BCUT2D eigenvalue weighted by Crippen LogP contribution is -2.69. The molecule has 29 heavy (non-hydrogen) atoms. The molecule has 1 aromatic rings. The molecule has 3 heterocycles. The second kappa shape index (κ2) is 8.97. The lowest BCUT2D eigenvalue weighted by Gasteiger charge is -2.47. The molecule has 158 valence electrons. The van der Waals surface area contributed by atoms with E-state index in [2.05, 4.69) is 20.8 Å². The highest BCUT2D eigenvalue weighted by Crippen LogP contribution is 2.36. The summed E-state index contributed by atoms with van der Waals surface area (Å²) in [6.45, 7) is 1.45. The van der Waals surface area contributed by atoms with Crippen LogP contribution >= 0.6 is 23.1 Å². The Labute approximate surface area is 177 Å². The molecule has 0 radical (unpaired) electrons. The van der Waals surface area contributed by atoms with E-state index < -0.39 is 11.4 Å². The van der Waals surface area contributed by atoms with Crippen molar-refractivity contribution in [1.29, 1.82) is 0 Å². The summed E-state index contributed by atoms with van der Waals surface area (Å²) in [6, 6.07) is 0. The van der Waals surface area contributed by atoms with Gasteiger partial charge in [0.05, 0.1) is 11.9 Å². The number of carbonyl (C=O) groups excluding carboxylic acids is 3. The van der Waals surface area contributed by atoms with Crippen LogP contribution in [0.25, 0.3) is 0 Å². The van der Waals surface area contributed by atoms with Crippen LogP contribution in [0, 0.1) is 0 Å². The molecule has 3 aliphatic rings. The molecule has 1 aliphatic carbocycles. The fourth-order valence-corrected chi connectivity index (χ4v) is 5.84. The molecule has 4 rings (SSSR count). The molecule has 0 unspecified atom stereocenters. The van der Waals surface area contributed by atoms with Crippen LogP contribution in [-0.4, -0.2) is 69.9 Å². The summed E-state index contributed by atoms with van der Waals surface area (Å²) >= 11 is 2.68. The molecule has 2 N–H and O–H groups in total. The molecule has 3 amide bonds. The van der Waals surface area contributed by atoms with E-state index in [1.54, 1.807) is 0 Å². The molecule has 9 nitrogen and oxygen atoms in total. The predicted octanol–water partition coefficient (Wildman–Crippen LogP) is 1.41. The van der Waals surface area contributed by atoms with Crippen molar-refractivity contribution in [3.05, 3.63) is 0 Å². The van der Waals surface area contributed by atoms with Gasteiger partial charge < -0.3 is 15.0 Å². The number of carbonyl (C=O) groups is 3. The maximum atomic E-state index is 12.9. The highest BCUT2D eigenvalue weighted by atomic mass is 32.2. The van der Waals surface area contributed by atoms with Crippen LogP contribution in [0.4, 0.5) is 5.13 Å². The summed E-state index contributed by atoms with van der Waals surface area (Å²) in [4.78, 5) is 38.9. The fraction of sp³-hybridized carbons (Fsp3) is 0.722. The van der Waals surface area contributed by atoms with E-state index in [0.29, 0.717) is 28.9 Å². The van der Waals surface area contributed by atoms with Crippen LogP contribution in [-0.2, 0) is 19.1 Å². The largest absolute Gasteiger partial charge is 0.376 e. The van der Waals surface area contributed by atoms with Crippen LogP contribution in [0.1, 0.15) is 44.9 Å². The number of amides is 3. The minimum absolute atomic E-state index is 0.0601. The van der Waals surface area contributed by atoms with Crippen LogP contribution in [0.15, 0.2) is 4.34 Å². The van der Waals surface area contributed by atoms with Gasteiger partial charge in [0.15, 0.2) is 4.34 Å². The molecule has 1 spiro atoms. The highest BCUT2D eigenvalue weighted by molar-refractivity contribution is 8.01. The first-order valence-electron chi connectivity index (χ1n) is 10.0. The summed E-state index contributed by atoms with van der Waals surface area (Å²) in [5.74, 6) is -0.823. The van der Waals surface area contributed by atoms with E-state index >= 15 is 0 Å². The molecule has 2 aliphatic heterocycles. The standard InChI is InChI=1S/C18H25N5O4S2/c24-13-10-23(18(15(26)20-13)6-2-1-3-7-18)14(25)11-28-17-22-21-16(29-17)19-9-12-5-4-8-27-12/h12H,1-11H2,(H,19,21)(H,20,24,26)/t12-/m0/s1. The lowest BCUT2D eigenvalue weighted by molar-refractivity contribution is -0.158. The molecule has 1 atom stereocenters. The van der Waals surface area contributed by atoms with Crippen molar-refractivity contribution in [1.82, 2.24) is 20.4 Å². The number of aromatic nitrogens is 2. The Balaban J connectivity index is 1.34. The SMILES string of the molecule is O=C1CN(C(=O)CSc2nnc(NC[C@@H]3CCCO3)s2)C2(CCCCC2)C(=O)N1. The monoisotopic (exact) mass is 439 g/mol. The summed E-state index contributed by atoms with van der Waals surface area (Å²) < 4.78 is 6.26. The van der Waals surface area contributed by atoms with Gasteiger partial charge in [0.1, 0.15) is 12.1 Å². The Hall–Kier alpha value is -1.72. The van der Waals surface area contributed by atoms with Gasteiger partial charge in [-0.1, -0.05) is 42.4 Å². The van der Waals surface area contributed by atoms with E-state index in [1.165, 1.54) is 28.0 Å². The van der Waals surface area contributed by atoms with Gasteiger partial charge >= 0.3 is 0 Å². The Morgan fingerprint density at radius 3 is 2.86 bits per heavy atom. The Morgan fingerprint density at radius 1 is 1.28 bits per heavy atom. The summed E-state index contributed by atoms with van der Waals surface area (Å²) in [5, 5.41) is 14.6. The number of nitrogens with one attached hydrogen (secondary N) is 2. The number of piperazine rings is 1. The second-order valence-electron chi connectivity index (χ2n) is 7.63. The van der Waals surface area contributed by atoms with Crippen molar-refractivity contribution < 1.29 is 19.1 Å². The molecule has 2 saturated heterocycles. The third kappa shape index (κ3) is 4.56. The Bertz CT molecular complexity index is 774. The van der Waals surface area contributed by atoms with Gasteiger partial charge in [-0.3, -0.25) is 19.7 Å². The zero-order valence-electron chi connectivity index (χ0n) is 16.1. The summed E-state index contributed by atoms with van der Waals surface area (Å²) in [7, 11) is 0. The van der Waals surface area contributed by atoms with Crippen molar-refractivity contribution in [3.63, 3.8) is 0 Å². The van der Waals surface area contributed by atoms with Gasteiger partial charge in [-0.05, 0) is 25.7 Å². The number of hydrogen-bond acceptors (Lipinski definition) is 9. The zero-order valence-corrected chi connectivity index (χ0v) is 17.8. The van der Waals surface area contributed by atoms with Crippen molar-refractivity contribution in [2.24, 2.45) is 0 Å². The van der Waals surface area contributed by atoms with Crippen LogP contribution in [0.5, 0.6) is 0 Å². The van der Waals surface area contributed by atoms with Gasteiger partial charge in [0.2, 0.25) is 16.9 Å². The molecule has 1 aromatic heterocycles. The fourth-order valence-electron chi connectivity index (χ4n) is 4.21. The lowest BCUT2D eigenvalue weighted by atomic mass is 9.78. The third-order valence-corrected chi connectivity index (χ3v) is 7.71. The molecular formula is C18H25N5O4S2. The summed E-state index contributed by atoms with van der Waals surface area (Å²) in [5.41, 5.74) is -0.876. The molecule has 0 aromatic carbocycles. The Kier molecular flexibility index (Phi) is 6.35. The second-order valence-corrected chi connectivity index (χ2v) is 9.83. The van der Waals surface area contributed by atoms with Gasteiger partial charge in [-0.2, -0.15) is 0 Å². The van der Waals surface area contributed by atoms with Crippen molar-refractivity contribution in [2.75, 3.05) is 30.8 Å². The minimum atomic E-state index is -0.876. The predicted molar refractivity (Wildman–Crippen MR) is 109 cm³/mol. The molecule has 1 saturated carbocycles. The summed E-state index contributed by atoms with van der Waals surface area (Å²) in [6.07, 6.45) is 6.38. The van der Waals surface area contributed by atoms with E-state index in [1.807, 2.05) is 0 Å². The number of anilines is 1. The Morgan fingerprint density at radius 2 is 2.10 bits per heavy atom. The highest BCUT2D eigenvalue weighted by Gasteiger charge is 2.50.